The molecule has 0 amide bonds. The first-order chi connectivity index (χ1) is 8.17. The Kier molecular flexibility index (Phi) is 5.47. The third kappa shape index (κ3) is 4.43. The second kappa shape index (κ2) is 6.89. The van der Waals surface area contributed by atoms with Crippen molar-refractivity contribution in [3.8, 4) is 11.8 Å². The van der Waals surface area contributed by atoms with Crippen molar-refractivity contribution in [2.75, 3.05) is 19.8 Å². The maximum Gasteiger partial charge on any atom is 0.123 e. The maximum absolute atomic E-state index is 9.54. The van der Waals surface area contributed by atoms with Crippen LogP contribution < -0.4 is 4.74 Å². The molecule has 1 rings (SSSR count). The monoisotopic (exact) mass is 235 g/mol. The summed E-state index contributed by atoms with van der Waals surface area (Å²) in [5.41, 5.74) is 1.48. The lowest BCUT2D eigenvalue weighted by atomic mass is 10.1. The summed E-state index contributed by atoms with van der Waals surface area (Å²) in [6, 6.07) is 7.28. The smallest absolute Gasteiger partial charge is 0.123 e. The lowest BCUT2D eigenvalue weighted by Gasteiger charge is -2.13. The third-order valence-electron chi connectivity index (χ3n) is 2.26. The molecule has 0 saturated heterocycles. The minimum atomic E-state index is -0.653. The summed E-state index contributed by atoms with van der Waals surface area (Å²) in [6.07, 6.45) is -0.653. The van der Waals surface area contributed by atoms with E-state index in [-0.39, 0.29) is 13.2 Å². The van der Waals surface area contributed by atoms with Crippen molar-refractivity contribution in [2.45, 2.75) is 20.0 Å². The average molecular weight is 235 g/mol. The van der Waals surface area contributed by atoms with Gasteiger partial charge in [-0.15, -0.1) is 0 Å². The fourth-order valence-corrected chi connectivity index (χ4v) is 1.31. The minimum Gasteiger partial charge on any atom is -0.490 e. The van der Waals surface area contributed by atoms with Crippen LogP contribution in [0.1, 0.15) is 18.1 Å². The van der Waals surface area contributed by atoms with Gasteiger partial charge in [0.05, 0.1) is 18.2 Å². The molecule has 1 unspecified atom stereocenters. The zero-order valence-corrected chi connectivity index (χ0v) is 10.1. The molecule has 0 radical (unpaired) electrons. The molecule has 92 valence electrons. The molecular weight excluding hydrogens is 218 g/mol. The van der Waals surface area contributed by atoms with E-state index >= 15 is 0 Å². The maximum atomic E-state index is 9.54. The summed E-state index contributed by atoms with van der Waals surface area (Å²) in [7, 11) is 0. The van der Waals surface area contributed by atoms with E-state index < -0.39 is 6.10 Å². The number of rotatable bonds is 6. The highest BCUT2D eigenvalue weighted by Gasteiger charge is 2.07. The van der Waals surface area contributed by atoms with Crippen molar-refractivity contribution in [3.63, 3.8) is 0 Å². The predicted octanol–water partition coefficient (Wildman–Crippen LogP) is 1.64. The number of hydrogen-bond donors (Lipinski definition) is 1. The van der Waals surface area contributed by atoms with E-state index in [9.17, 15) is 5.11 Å². The Labute approximate surface area is 101 Å². The lowest BCUT2D eigenvalue weighted by Crippen LogP contribution is -2.23. The van der Waals surface area contributed by atoms with E-state index in [1.807, 2.05) is 26.0 Å². The molecule has 0 aliphatic carbocycles. The van der Waals surface area contributed by atoms with Gasteiger partial charge < -0.3 is 14.6 Å². The number of aryl methyl sites for hydroxylation is 1. The molecule has 0 aliphatic rings. The summed E-state index contributed by atoms with van der Waals surface area (Å²) >= 11 is 0. The first-order valence-electron chi connectivity index (χ1n) is 5.56. The van der Waals surface area contributed by atoms with Gasteiger partial charge in [0, 0.05) is 6.61 Å². The Hall–Kier alpha value is -1.57. The summed E-state index contributed by atoms with van der Waals surface area (Å²) in [5, 5.41) is 18.3. The Bertz CT molecular complexity index is 398. The van der Waals surface area contributed by atoms with Gasteiger partial charge in [0.1, 0.15) is 18.5 Å². The van der Waals surface area contributed by atoms with E-state index in [1.54, 1.807) is 12.1 Å². The van der Waals surface area contributed by atoms with Crippen molar-refractivity contribution in [2.24, 2.45) is 0 Å². The standard InChI is InChI=1S/C13H17NO3/c1-3-16-8-12(15)9-17-13-6-11(7-14)5-4-10(13)2/h4-6,12,15H,3,8-9H2,1-2H3. The summed E-state index contributed by atoms with van der Waals surface area (Å²) in [4.78, 5) is 0. The van der Waals surface area contributed by atoms with Gasteiger partial charge in [-0.1, -0.05) is 6.07 Å². The van der Waals surface area contributed by atoms with E-state index in [0.717, 1.165) is 5.56 Å². The number of aliphatic hydroxyl groups is 1. The first kappa shape index (κ1) is 13.5. The van der Waals surface area contributed by atoms with Crippen LogP contribution >= 0.6 is 0 Å². The van der Waals surface area contributed by atoms with Gasteiger partial charge in [-0.05, 0) is 31.5 Å². The Morgan fingerprint density at radius 1 is 1.41 bits per heavy atom. The molecule has 0 saturated carbocycles. The Balaban J connectivity index is 2.54. The Morgan fingerprint density at radius 2 is 2.18 bits per heavy atom. The van der Waals surface area contributed by atoms with Crippen LogP contribution in [-0.4, -0.2) is 31.0 Å². The van der Waals surface area contributed by atoms with E-state index in [0.29, 0.717) is 17.9 Å². The van der Waals surface area contributed by atoms with Crippen LogP contribution in [0.5, 0.6) is 5.75 Å². The fourth-order valence-electron chi connectivity index (χ4n) is 1.31. The second-order valence-corrected chi connectivity index (χ2v) is 3.72. The van der Waals surface area contributed by atoms with Gasteiger partial charge in [-0.2, -0.15) is 5.26 Å². The molecule has 0 fully saturated rings. The highest BCUT2D eigenvalue weighted by Crippen LogP contribution is 2.19. The first-order valence-corrected chi connectivity index (χ1v) is 5.56. The number of ether oxygens (including phenoxy) is 2. The molecule has 17 heavy (non-hydrogen) atoms. The molecule has 0 aromatic heterocycles. The molecule has 0 heterocycles. The number of benzene rings is 1. The number of hydrogen-bond acceptors (Lipinski definition) is 4. The van der Waals surface area contributed by atoms with Crippen LogP contribution in [0.2, 0.25) is 0 Å². The number of nitriles is 1. The highest BCUT2D eigenvalue weighted by atomic mass is 16.5. The Morgan fingerprint density at radius 3 is 2.82 bits per heavy atom. The second-order valence-electron chi connectivity index (χ2n) is 3.72. The van der Waals surface area contributed by atoms with Crippen molar-refractivity contribution >= 4 is 0 Å². The minimum absolute atomic E-state index is 0.162. The summed E-state index contributed by atoms with van der Waals surface area (Å²) in [5.74, 6) is 0.625. The van der Waals surface area contributed by atoms with Crippen LogP contribution in [0.15, 0.2) is 18.2 Å². The third-order valence-corrected chi connectivity index (χ3v) is 2.26. The van der Waals surface area contributed by atoms with Crippen LogP contribution in [-0.2, 0) is 4.74 Å². The number of nitrogens with zero attached hydrogens (tertiary/aromatic N) is 1. The summed E-state index contributed by atoms with van der Waals surface area (Å²) in [6.45, 7) is 4.75. The zero-order valence-electron chi connectivity index (χ0n) is 10.1. The fraction of sp³-hybridized carbons (Fsp3) is 0.462. The molecule has 4 nitrogen and oxygen atoms in total. The number of aliphatic hydroxyl groups excluding tert-OH is 1. The molecular formula is C13H17NO3. The van der Waals surface area contributed by atoms with Gasteiger partial charge in [0.25, 0.3) is 0 Å². The van der Waals surface area contributed by atoms with Crippen LogP contribution in [0.4, 0.5) is 0 Å². The van der Waals surface area contributed by atoms with Crippen molar-refractivity contribution < 1.29 is 14.6 Å². The predicted molar refractivity (Wildman–Crippen MR) is 63.9 cm³/mol. The zero-order chi connectivity index (χ0) is 12.7. The largest absolute Gasteiger partial charge is 0.490 e. The summed E-state index contributed by atoms with van der Waals surface area (Å²) < 4.78 is 10.5. The van der Waals surface area contributed by atoms with Gasteiger partial charge in [0.15, 0.2) is 0 Å². The normalized spacial score (nSPS) is 11.9. The van der Waals surface area contributed by atoms with Gasteiger partial charge in [-0.3, -0.25) is 0 Å². The van der Waals surface area contributed by atoms with Crippen LogP contribution in [0, 0.1) is 18.3 Å². The molecule has 4 heteroatoms. The van der Waals surface area contributed by atoms with Crippen molar-refractivity contribution in [3.05, 3.63) is 29.3 Å². The van der Waals surface area contributed by atoms with Crippen LogP contribution in [0.25, 0.3) is 0 Å². The topological polar surface area (TPSA) is 62.5 Å². The van der Waals surface area contributed by atoms with Gasteiger partial charge in [0.2, 0.25) is 0 Å². The molecule has 1 atom stereocenters. The molecule has 0 aliphatic heterocycles. The van der Waals surface area contributed by atoms with Crippen molar-refractivity contribution in [1.82, 2.24) is 0 Å². The molecule has 1 N–H and O–H groups in total. The molecule has 0 bridgehead atoms. The highest BCUT2D eigenvalue weighted by molar-refractivity contribution is 5.41. The molecule has 1 aromatic carbocycles. The van der Waals surface area contributed by atoms with Gasteiger partial charge in [-0.25, -0.2) is 0 Å². The molecule has 0 spiro atoms. The van der Waals surface area contributed by atoms with E-state index in [4.69, 9.17) is 14.7 Å². The molecule has 1 aromatic rings. The average Bonchev–Trinajstić information content (AvgIpc) is 2.35. The quantitative estimate of drug-likeness (QED) is 0.814. The van der Waals surface area contributed by atoms with E-state index in [1.165, 1.54) is 0 Å². The van der Waals surface area contributed by atoms with E-state index in [2.05, 4.69) is 0 Å². The SMILES string of the molecule is CCOCC(O)COc1cc(C#N)ccc1C. The lowest BCUT2D eigenvalue weighted by molar-refractivity contribution is 0.0163. The van der Waals surface area contributed by atoms with Crippen molar-refractivity contribution in [1.29, 1.82) is 5.26 Å². The van der Waals surface area contributed by atoms with Crippen LogP contribution in [0.3, 0.4) is 0 Å². The van der Waals surface area contributed by atoms with Gasteiger partial charge >= 0.3 is 0 Å².